The number of benzene rings is 1. The number of thioether (sulfide) groups is 1. The lowest BCUT2D eigenvalue weighted by atomic mass is 10.2. The summed E-state index contributed by atoms with van der Waals surface area (Å²) in [4.78, 5) is 12.7. The molecule has 0 radical (unpaired) electrons. The van der Waals surface area contributed by atoms with Gasteiger partial charge in [0.05, 0.1) is 4.91 Å². The standard InChI is InChI=1S/C14H14N2OS2/c1-15(2)16-13(17)12(19-14(16)18)10-6-9-11-7-4-3-5-8-11/h3-10H,1-2H3/b9-6+,12-10+. The smallest absolute Gasteiger partial charge is 0.267 e. The van der Waals surface area contributed by atoms with Crippen LogP contribution in [0.15, 0.2) is 47.4 Å². The Morgan fingerprint density at radius 2 is 1.95 bits per heavy atom. The number of amides is 1. The van der Waals surface area contributed by atoms with Gasteiger partial charge < -0.3 is 0 Å². The van der Waals surface area contributed by atoms with Crippen molar-refractivity contribution in [3.8, 4) is 0 Å². The molecule has 0 aliphatic carbocycles. The molecule has 1 amide bonds. The van der Waals surface area contributed by atoms with Crippen molar-refractivity contribution in [2.75, 3.05) is 14.1 Å². The molecule has 1 aromatic carbocycles. The van der Waals surface area contributed by atoms with E-state index in [-0.39, 0.29) is 5.91 Å². The Morgan fingerprint density at radius 1 is 1.26 bits per heavy atom. The van der Waals surface area contributed by atoms with E-state index in [1.54, 1.807) is 25.2 Å². The monoisotopic (exact) mass is 290 g/mol. The lowest BCUT2D eigenvalue weighted by Crippen LogP contribution is -2.39. The summed E-state index contributed by atoms with van der Waals surface area (Å²) in [5, 5.41) is 3.18. The molecule has 1 fully saturated rings. The Kier molecular flexibility index (Phi) is 4.52. The summed E-state index contributed by atoms with van der Waals surface area (Å²) in [6.07, 6.45) is 5.63. The van der Waals surface area contributed by atoms with Crippen molar-refractivity contribution in [1.82, 2.24) is 10.0 Å². The lowest BCUT2D eigenvalue weighted by molar-refractivity contribution is -0.130. The van der Waals surface area contributed by atoms with Crippen molar-refractivity contribution >= 4 is 40.3 Å². The normalized spacial score (nSPS) is 18.3. The minimum atomic E-state index is -0.0716. The summed E-state index contributed by atoms with van der Waals surface area (Å²) in [5.74, 6) is -0.0716. The van der Waals surface area contributed by atoms with E-state index >= 15 is 0 Å². The third kappa shape index (κ3) is 3.32. The maximum absolute atomic E-state index is 12.1. The first-order valence-corrected chi connectivity index (χ1v) is 6.99. The van der Waals surface area contributed by atoms with Crippen LogP contribution in [0, 0.1) is 0 Å². The van der Waals surface area contributed by atoms with E-state index in [9.17, 15) is 4.79 Å². The summed E-state index contributed by atoms with van der Waals surface area (Å²) < 4.78 is 0.564. The molecule has 0 N–H and O–H groups in total. The molecule has 98 valence electrons. The van der Waals surface area contributed by atoms with Gasteiger partial charge in [0.25, 0.3) is 5.91 Å². The number of hydrogen-bond acceptors (Lipinski definition) is 4. The number of allylic oxidation sites excluding steroid dienone is 2. The van der Waals surface area contributed by atoms with Crippen LogP contribution in [-0.2, 0) is 4.79 Å². The number of nitrogens with zero attached hydrogens (tertiary/aromatic N) is 2. The molecular weight excluding hydrogens is 276 g/mol. The number of carbonyl (C=O) groups excluding carboxylic acids is 1. The average Bonchev–Trinajstić information content (AvgIpc) is 2.66. The third-order valence-corrected chi connectivity index (χ3v) is 3.81. The maximum Gasteiger partial charge on any atom is 0.280 e. The van der Waals surface area contributed by atoms with Gasteiger partial charge in [0, 0.05) is 14.1 Å². The highest BCUT2D eigenvalue weighted by atomic mass is 32.2. The number of carbonyl (C=O) groups is 1. The van der Waals surface area contributed by atoms with Crippen molar-refractivity contribution in [1.29, 1.82) is 0 Å². The van der Waals surface area contributed by atoms with Crippen LogP contribution in [0.5, 0.6) is 0 Å². The zero-order valence-corrected chi connectivity index (χ0v) is 12.4. The van der Waals surface area contributed by atoms with Crippen LogP contribution >= 0.6 is 24.0 Å². The van der Waals surface area contributed by atoms with Crippen LogP contribution < -0.4 is 0 Å². The summed E-state index contributed by atoms with van der Waals surface area (Å²) in [6, 6.07) is 9.95. The Labute approximate surface area is 122 Å². The molecular formula is C14H14N2OS2. The number of hydrazine groups is 1. The van der Waals surface area contributed by atoms with Crippen LogP contribution in [0.2, 0.25) is 0 Å². The van der Waals surface area contributed by atoms with Gasteiger partial charge in [-0.15, -0.1) is 0 Å². The van der Waals surface area contributed by atoms with Crippen molar-refractivity contribution in [3.05, 3.63) is 53.0 Å². The topological polar surface area (TPSA) is 23.6 Å². The quantitative estimate of drug-likeness (QED) is 0.631. The SMILES string of the molecule is CN(C)N1C(=O)/C(=C\C=C\c2ccccc2)SC1=S. The van der Waals surface area contributed by atoms with Gasteiger partial charge in [-0.05, 0) is 11.6 Å². The van der Waals surface area contributed by atoms with Crippen molar-refractivity contribution in [2.24, 2.45) is 0 Å². The first-order valence-electron chi connectivity index (χ1n) is 5.76. The largest absolute Gasteiger partial charge is 0.280 e. The minimum Gasteiger partial charge on any atom is -0.267 e. The highest BCUT2D eigenvalue weighted by molar-refractivity contribution is 8.26. The molecule has 2 rings (SSSR count). The van der Waals surface area contributed by atoms with Crippen molar-refractivity contribution < 1.29 is 4.79 Å². The molecule has 19 heavy (non-hydrogen) atoms. The number of thiocarbonyl (C=S) groups is 1. The Morgan fingerprint density at radius 3 is 2.53 bits per heavy atom. The van der Waals surface area contributed by atoms with Crippen LogP contribution in [-0.4, -0.2) is 34.3 Å². The van der Waals surface area contributed by atoms with E-state index < -0.39 is 0 Å². The van der Waals surface area contributed by atoms with Gasteiger partial charge in [0.2, 0.25) is 0 Å². The van der Waals surface area contributed by atoms with E-state index in [0.29, 0.717) is 9.23 Å². The fourth-order valence-electron chi connectivity index (χ4n) is 1.63. The first-order chi connectivity index (χ1) is 9.09. The molecule has 1 aliphatic heterocycles. The first kappa shape index (κ1) is 14.0. The molecule has 0 saturated carbocycles. The molecule has 1 aliphatic rings. The number of hydrogen-bond donors (Lipinski definition) is 0. The molecule has 5 heteroatoms. The van der Waals surface area contributed by atoms with Crippen LogP contribution in [0.25, 0.3) is 6.08 Å². The molecule has 0 bridgehead atoms. The number of rotatable bonds is 3. The fraction of sp³-hybridized carbons (Fsp3) is 0.143. The summed E-state index contributed by atoms with van der Waals surface area (Å²) in [5.41, 5.74) is 1.10. The van der Waals surface area contributed by atoms with Gasteiger partial charge in [0.1, 0.15) is 0 Å². The van der Waals surface area contributed by atoms with Crippen molar-refractivity contribution in [3.63, 3.8) is 0 Å². The minimum absolute atomic E-state index is 0.0716. The van der Waals surface area contributed by atoms with Crippen molar-refractivity contribution in [2.45, 2.75) is 0 Å². The summed E-state index contributed by atoms with van der Waals surface area (Å²) in [7, 11) is 3.60. The van der Waals surface area contributed by atoms with E-state index in [4.69, 9.17) is 12.2 Å². The second-order valence-corrected chi connectivity index (χ2v) is 5.81. The third-order valence-electron chi connectivity index (χ3n) is 2.51. The molecule has 0 aromatic heterocycles. The van der Waals surface area contributed by atoms with Crippen LogP contribution in [0.3, 0.4) is 0 Å². The van der Waals surface area contributed by atoms with E-state index in [1.165, 1.54) is 16.8 Å². The van der Waals surface area contributed by atoms with Gasteiger partial charge in [-0.3, -0.25) is 4.79 Å². The van der Waals surface area contributed by atoms with Gasteiger partial charge in [-0.1, -0.05) is 66.5 Å². The Balaban J connectivity index is 2.11. The predicted octanol–water partition coefficient (Wildman–Crippen LogP) is 2.92. The van der Waals surface area contributed by atoms with Crippen LogP contribution in [0.1, 0.15) is 5.56 Å². The summed E-state index contributed by atoms with van der Waals surface area (Å²) in [6.45, 7) is 0. The Hall–Kier alpha value is -1.43. The zero-order chi connectivity index (χ0) is 13.8. The molecule has 0 unspecified atom stereocenters. The zero-order valence-electron chi connectivity index (χ0n) is 10.7. The summed E-state index contributed by atoms with van der Waals surface area (Å²) >= 11 is 6.50. The highest BCUT2D eigenvalue weighted by Crippen LogP contribution is 2.31. The molecule has 1 saturated heterocycles. The van der Waals surface area contributed by atoms with Crippen LogP contribution in [0.4, 0.5) is 0 Å². The highest BCUT2D eigenvalue weighted by Gasteiger charge is 2.33. The molecule has 3 nitrogen and oxygen atoms in total. The predicted molar refractivity (Wildman–Crippen MR) is 84.3 cm³/mol. The molecule has 0 spiro atoms. The molecule has 1 heterocycles. The van der Waals surface area contributed by atoms with E-state index in [1.807, 2.05) is 42.5 Å². The van der Waals surface area contributed by atoms with Gasteiger partial charge in [0.15, 0.2) is 4.32 Å². The second kappa shape index (κ2) is 6.14. The molecule has 0 atom stereocenters. The fourth-order valence-corrected chi connectivity index (χ4v) is 2.99. The van der Waals surface area contributed by atoms with Gasteiger partial charge >= 0.3 is 0 Å². The van der Waals surface area contributed by atoms with Gasteiger partial charge in [-0.25, -0.2) is 10.0 Å². The second-order valence-electron chi connectivity index (χ2n) is 4.13. The van der Waals surface area contributed by atoms with E-state index in [0.717, 1.165) is 5.56 Å². The Bertz CT molecular complexity index is 550. The average molecular weight is 290 g/mol. The van der Waals surface area contributed by atoms with Gasteiger partial charge in [-0.2, -0.15) is 0 Å². The lowest BCUT2D eigenvalue weighted by Gasteiger charge is -2.21. The molecule has 1 aromatic rings. The maximum atomic E-state index is 12.1. The van der Waals surface area contributed by atoms with E-state index in [2.05, 4.69) is 0 Å².